The van der Waals surface area contributed by atoms with Gasteiger partial charge in [-0.05, 0) is 45.6 Å². The first-order valence-electron chi connectivity index (χ1n) is 9.39. The normalized spacial score (nSPS) is 13.6. The van der Waals surface area contributed by atoms with E-state index in [2.05, 4.69) is 20.6 Å². The van der Waals surface area contributed by atoms with Gasteiger partial charge in [0.05, 0.1) is 31.9 Å². The van der Waals surface area contributed by atoms with Crippen molar-refractivity contribution >= 4 is 29.9 Å². The van der Waals surface area contributed by atoms with Crippen LogP contribution in [0.1, 0.15) is 37.1 Å². The Morgan fingerprint density at radius 1 is 1.34 bits per heavy atom. The largest absolute Gasteiger partial charge is 0.494 e. The van der Waals surface area contributed by atoms with Crippen LogP contribution in [0.25, 0.3) is 0 Å². The van der Waals surface area contributed by atoms with Gasteiger partial charge in [-0.1, -0.05) is 6.07 Å². The third-order valence-corrected chi connectivity index (χ3v) is 4.53. The second-order valence-electron chi connectivity index (χ2n) is 6.91. The van der Waals surface area contributed by atoms with Gasteiger partial charge in [0.25, 0.3) is 0 Å². The Labute approximate surface area is 189 Å². The second kappa shape index (κ2) is 12.0. The number of ether oxygens (including phenoxy) is 1. The summed E-state index contributed by atoms with van der Waals surface area (Å²) in [5.74, 6) is 0.545. The molecule has 0 aliphatic rings. The van der Waals surface area contributed by atoms with E-state index in [0.29, 0.717) is 12.5 Å². The van der Waals surface area contributed by atoms with Crippen molar-refractivity contribution in [3.05, 3.63) is 47.5 Å². The van der Waals surface area contributed by atoms with Gasteiger partial charge in [-0.2, -0.15) is 5.10 Å². The van der Waals surface area contributed by atoms with E-state index in [1.54, 1.807) is 10.7 Å². The van der Waals surface area contributed by atoms with Crippen molar-refractivity contribution in [1.82, 2.24) is 25.3 Å². The number of halogens is 2. The number of nitrogens with one attached hydrogen (secondary N) is 2. The molecular weight excluding hydrogens is 486 g/mol. The Morgan fingerprint density at radius 3 is 2.59 bits per heavy atom. The molecule has 0 fully saturated rings. The quantitative estimate of drug-likeness (QED) is 0.320. The zero-order chi connectivity index (χ0) is 20.7. The maximum atomic E-state index is 14.0. The molecule has 0 saturated carbocycles. The predicted molar refractivity (Wildman–Crippen MR) is 126 cm³/mol. The van der Waals surface area contributed by atoms with Crippen LogP contribution in [0, 0.1) is 5.82 Å². The summed E-state index contributed by atoms with van der Waals surface area (Å²) in [7, 11) is 7.41. The van der Waals surface area contributed by atoms with Crippen LogP contribution >= 0.6 is 24.0 Å². The monoisotopic (exact) mass is 518 g/mol. The average molecular weight is 518 g/mol. The topological polar surface area (TPSA) is 66.7 Å². The minimum Gasteiger partial charge on any atom is -0.494 e. The zero-order valence-electron chi connectivity index (χ0n) is 17.9. The Hall–Kier alpha value is -1.88. The lowest BCUT2D eigenvalue weighted by Crippen LogP contribution is -2.39. The lowest BCUT2D eigenvalue weighted by molar-refractivity contribution is 0.306. The molecule has 0 amide bonds. The van der Waals surface area contributed by atoms with Gasteiger partial charge >= 0.3 is 0 Å². The highest BCUT2D eigenvalue weighted by Gasteiger charge is 2.17. The molecule has 2 N–H and O–H groups in total. The van der Waals surface area contributed by atoms with Gasteiger partial charge in [0.15, 0.2) is 17.5 Å². The number of rotatable bonds is 8. The molecule has 2 unspecified atom stereocenters. The van der Waals surface area contributed by atoms with Crippen LogP contribution in [0.2, 0.25) is 0 Å². The third-order valence-electron chi connectivity index (χ3n) is 4.53. The molecule has 0 radical (unpaired) electrons. The fourth-order valence-electron chi connectivity index (χ4n) is 2.92. The maximum Gasteiger partial charge on any atom is 0.191 e. The number of benzene rings is 1. The van der Waals surface area contributed by atoms with Crippen molar-refractivity contribution in [1.29, 1.82) is 0 Å². The minimum atomic E-state index is -0.375. The van der Waals surface area contributed by atoms with Crippen molar-refractivity contribution in [2.75, 3.05) is 34.3 Å². The highest BCUT2D eigenvalue weighted by atomic mass is 127. The standard InChI is InChI=1S/C20H31FN6O.HI/c1-7-22-20(23-12-18(26(3)4)16-11-24-27(5)13-16)25-14(2)15-8-9-19(28-6)17(21)10-15;/h8-11,13-14,18H,7,12H2,1-6H3,(H2,22,23,25);1H. The predicted octanol–water partition coefficient (Wildman–Crippen LogP) is 3.10. The van der Waals surface area contributed by atoms with Crippen LogP contribution in [-0.2, 0) is 7.05 Å². The summed E-state index contributed by atoms with van der Waals surface area (Å²) in [6.07, 6.45) is 3.87. The van der Waals surface area contributed by atoms with Crippen LogP contribution in [0.3, 0.4) is 0 Å². The molecule has 0 spiro atoms. The van der Waals surface area contributed by atoms with E-state index in [9.17, 15) is 4.39 Å². The van der Waals surface area contributed by atoms with E-state index >= 15 is 0 Å². The second-order valence-corrected chi connectivity index (χ2v) is 6.91. The van der Waals surface area contributed by atoms with Crippen molar-refractivity contribution in [3.8, 4) is 5.75 Å². The fraction of sp³-hybridized carbons (Fsp3) is 0.500. The summed E-state index contributed by atoms with van der Waals surface area (Å²) in [4.78, 5) is 6.86. The Morgan fingerprint density at radius 2 is 2.07 bits per heavy atom. The molecule has 0 aliphatic heterocycles. The SMILES string of the molecule is CCNC(=NCC(c1cnn(C)c1)N(C)C)NC(C)c1ccc(OC)c(F)c1.I. The molecule has 2 rings (SSSR count). The first kappa shape index (κ1) is 25.2. The van der Waals surface area contributed by atoms with Gasteiger partial charge < -0.3 is 20.3 Å². The van der Waals surface area contributed by atoms with Gasteiger partial charge in [-0.3, -0.25) is 9.67 Å². The highest BCUT2D eigenvalue weighted by Crippen LogP contribution is 2.22. The number of aryl methyl sites for hydroxylation is 1. The van der Waals surface area contributed by atoms with Crippen molar-refractivity contribution in [3.63, 3.8) is 0 Å². The van der Waals surface area contributed by atoms with Crippen molar-refractivity contribution < 1.29 is 9.13 Å². The van der Waals surface area contributed by atoms with E-state index in [1.807, 2.05) is 53.5 Å². The summed E-state index contributed by atoms with van der Waals surface area (Å²) in [5.41, 5.74) is 1.93. The summed E-state index contributed by atoms with van der Waals surface area (Å²) in [6, 6.07) is 4.96. The Balaban J connectivity index is 0.00000420. The smallest absolute Gasteiger partial charge is 0.191 e. The van der Waals surface area contributed by atoms with Gasteiger partial charge in [0.2, 0.25) is 0 Å². The molecule has 0 saturated heterocycles. The molecule has 0 bridgehead atoms. The molecular formula is C20H32FIN6O. The molecule has 2 atom stereocenters. The van der Waals surface area contributed by atoms with Gasteiger partial charge in [0, 0.05) is 25.4 Å². The van der Waals surface area contributed by atoms with Crippen molar-refractivity contribution in [2.45, 2.75) is 25.9 Å². The van der Waals surface area contributed by atoms with Crippen LogP contribution < -0.4 is 15.4 Å². The number of nitrogens with zero attached hydrogens (tertiary/aromatic N) is 4. The summed E-state index contributed by atoms with van der Waals surface area (Å²) in [6.45, 7) is 5.28. The van der Waals surface area contributed by atoms with Gasteiger partial charge in [-0.15, -0.1) is 24.0 Å². The molecule has 7 nitrogen and oxygen atoms in total. The lowest BCUT2D eigenvalue weighted by atomic mass is 10.1. The number of aliphatic imine (C=N–C) groups is 1. The fourth-order valence-corrected chi connectivity index (χ4v) is 2.92. The molecule has 162 valence electrons. The van der Waals surface area contributed by atoms with Crippen molar-refractivity contribution in [2.24, 2.45) is 12.0 Å². The summed E-state index contributed by atoms with van der Waals surface area (Å²) in [5, 5.41) is 10.9. The van der Waals surface area contributed by atoms with Crippen LogP contribution in [0.4, 0.5) is 4.39 Å². The van der Waals surface area contributed by atoms with E-state index in [-0.39, 0.29) is 47.6 Å². The molecule has 29 heavy (non-hydrogen) atoms. The first-order chi connectivity index (χ1) is 13.3. The molecule has 2 aromatic rings. The van der Waals surface area contributed by atoms with Gasteiger partial charge in [0.1, 0.15) is 0 Å². The number of hydrogen-bond acceptors (Lipinski definition) is 4. The number of aromatic nitrogens is 2. The van der Waals surface area contributed by atoms with E-state index in [1.165, 1.54) is 13.2 Å². The number of methoxy groups -OCH3 is 1. The zero-order valence-corrected chi connectivity index (χ0v) is 20.3. The Bertz CT molecular complexity index is 795. The van der Waals surface area contributed by atoms with Crippen LogP contribution in [0.15, 0.2) is 35.6 Å². The lowest BCUT2D eigenvalue weighted by Gasteiger charge is -2.23. The summed E-state index contributed by atoms with van der Waals surface area (Å²) >= 11 is 0. The number of hydrogen-bond donors (Lipinski definition) is 2. The van der Waals surface area contributed by atoms with E-state index < -0.39 is 0 Å². The molecule has 0 aliphatic carbocycles. The molecule has 1 heterocycles. The third kappa shape index (κ3) is 7.14. The van der Waals surface area contributed by atoms with E-state index in [4.69, 9.17) is 9.73 Å². The molecule has 9 heteroatoms. The van der Waals surface area contributed by atoms with E-state index in [0.717, 1.165) is 17.7 Å². The highest BCUT2D eigenvalue weighted by molar-refractivity contribution is 14.0. The molecule has 1 aromatic carbocycles. The van der Waals surface area contributed by atoms with Crippen LogP contribution in [-0.4, -0.2) is 54.9 Å². The average Bonchev–Trinajstić information content (AvgIpc) is 3.07. The van der Waals surface area contributed by atoms with Crippen LogP contribution in [0.5, 0.6) is 5.75 Å². The molecule has 1 aromatic heterocycles. The number of guanidine groups is 1. The summed E-state index contributed by atoms with van der Waals surface area (Å²) < 4.78 is 20.8. The number of likely N-dealkylation sites (N-methyl/N-ethyl adjacent to an activating group) is 1. The maximum absolute atomic E-state index is 14.0. The minimum absolute atomic E-state index is 0. The first-order valence-corrected chi connectivity index (χ1v) is 9.39. The Kier molecular flexibility index (Phi) is 10.4. The van der Waals surface area contributed by atoms with Gasteiger partial charge in [-0.25, -0.2) is 4.39 Å².